The summed E-state index contributed by atoms with van der Waals surface area (Å²) in [5.74, 6) is 0.407. The molecule has 0 N–H and O–H groups in total. The van der Waals surface area contributed by atoms with Crippen LogP contribution in [0.4, 0.5) is 8.78 Å². The SMILES string of the molecule is CC1(C2(CC#N)CCN(Cc3ccc(-c4ccccc4)nc3F)CC2F)CS1. The van der Waals surface area contributed by atoms with Gasteiger partial charge in [0, 0.05) is 46.6 Å². The van der Waals surface area contributed by atoms with Crippen LogP contribution in [0, 0.1) is 22.7 Å². The average Bonchev–Trinajstić information content (AvgIpc) is 3.45. The second kappa shape index (κ2) is 7.46. The molecule has 28 heavy (non-hydrogen) atoms. The lowest BCUT2D eigenvalue weighted by Gasteiger charge is -2.46. The van der Waals surface area contributed by atoms with Gasteiger partial charge >= 0.3 is 0 Å². The largest absolute Gasteiger partial charge is 0.296 e. The van der Waals surface area contributed by atoms with E-state index >= 15 is 4.39 Å². The molecule has 146 valence electrons. The van der Waals surface area contributed by atoms with Gasteiger partial charge < -0.3 is 0 Å². The lowest BCUT2D eigenvalue weighted by molar-refractivity contribution is -0.00682. The Morgan fingerprint density at radius 1 is 1.29 bits per heavy atom. The zero-order valence-corrected chi connectivity index (χ0v) is 16.7. The van der Waals surface area contributed by atoms with Gasteiger partial charge in [0.25, 0.3) is 0 Å². The number of aromatic nitrogens is 1. The molecule has 3 unspecified atom stereocenters. The van der Waals surface area contributed by atoms with Gasteiger partial charge in [-0.3, -0.25) is 4.90 Å². The van der Waals surface area contributed by atoms with Crippen LogP contribution in [0.5, 0.6) is 0 Å². The predicted molar refractivity (Wildman–Crippen MR) is 108 cm³/mol. The lowest BCUT2D eigenvalue weighted by Crippen LogP contribution is -2.54. The number of likely N-dealkylation sites (tertiary alicyclic amines) is 1. The highest BCUT2D eigenvalue weighted by molar-refractivity contribution is 8.07. The molecule has 0 bridgehead atoms. The van der Waals surface area contributed by atoms with Crippen LogP contribution in [0.1, 0.15) is 25.3 Å². The predicted octanol–water partition coefficient (Wildman–Crippen LogP) is 4.84. The van der Waals surface area contributed by atoms with E-state index in [1.165, 1.54) is 0 Å². The maximum absolute atomic E-state index is 15.2. The summed E-state index contributed by atoms with van der Waals surface area (Å²) < 4.78 is 29.7. The van der Waals surface area contributed by atoms with E-state index < -0.39 is 17.5 Å². The molecule has 3 heterocycles. The molecule has 0 spiro atoms. The maximum atomic E-state index is 15.2. The third kappa shape index (κ3) is 3.42. The van der Waals surface area contributed by atoms with Crippen molar-refractivity contribution in [1.82, 2.24) is 9.88 Å². The summed E-state index contributed by atoms with van der Waals surface area (Å²) in [6.07, 6.45) is -0.212. The van der Waals surface area contributed by atoms with E-state index in [0.29, 0.717) is 30.8 Å². The van der Waals surface area contributed by atoms with E-state index in [1.807, 2.05) is 41.3 Å². The van der Waals surface area contributed by atoms with Gasteiger partial charge in [0.1, 0.15) is 6.17 Å². The van der Waals surface area contributed by atoms with Crippen molar-refractivity contribution in [2.24, 2.45) is 5.41 Å². The van der Waals surface area contributed by atoms with Crippen molar-refractivity contribution in [3.05, 3.63) is 54.0 Å². The van der Waals surface area contributed by atoms with Crippen molar-refractivity contribution < 1.29 is 8.78 Å². The Bertz CT molecular complexity index is 894. The van der Waals surface area contributed by atoms with Gasteiger partial charge in [-0.05, 0) is 26.0 Å². The number of thioether (sulfide) groups is 1. The van der Waals surface area contributed by atoms with Crippen LogP contribution < -0.4 is 0 Å². The molecule has 2 aliphatic heterocycles. The fourth-order valence-electron chi connectivity index (χ4n) is 4.26. The maximum Gasteiger partial charge on any atom is 0.217 e. The monoisotopic (exact) mass is 399 g/mol. The van der Waals surface area contributed by atoms with Crippen molar-refractivity contribution in [2.45, 2.75) is 37.2 Å². The number of alkyl halides is 1. The molecule has 3 nitrogen and oxygen atoms in total. The van der Waals surface area contributed by atoms with E-state index in [4.69, 9.17) is 0 Å². The molecular weight excluding hydrogens is 376 g/mol. The molecule has 6 heteroatoms. The van der Waals surface area contributed by atoms with Crippen LogP contribution in [-0.4, -0.2) is 39.6 Å². The topological polar surface area (TPSA) is 39.9 Å². The number of pyridine rings is 1. The molecule has 1 aromatic heterocycles. The smallest absolute Gasteiger partial charge is 0.217 e. The van der Waals surface area contributed by atoms with Crippen molar-refractivity contribution in [3.63, 3.8) is 0 Å². The second-order valence-electron chi connectivity index (χ2n) is 7.98. The van der Waals surface area contributed by atoms with Crippen LogP contribution >= 0.6 is 11.8 Å². The minimum absolute atomic E-state index is 0.141. The van der Waals surface area contributed by atoms with Gasteiger partial charge in [0.15, 0.2) is 0 Å². The van der Waals surface area contributed by atoms with Gasteiger partial charge in [0.05, 0.1) is 11.8 Å². The Balaban J connectivity index is 1.47. The van der Waals surface area contributed by atoms with Crippen LogP contribution in [0.15, 0.2) is 42.5 Å². The number of rotatable bonds is 5. The Kier molecular flexibility index (Phi) is 5.15. The molecule has 0 saturated carbocycles. The first-order valence-electron chi connectivity index (χ1n) is 9.56. The van der Waals surface area contributed by atoms with E-state index in [0.717, 1.165) is 11.3 Å². The Labute approximate surface area is 168 Å². The number of nitrogens with zero attached hydrogens (tertiary/aromatic N) is 3. The Hall–Kier alpha value is -1.97. The van der Waals surface area contributed by atoms with Crippen LogP contribution in [0.2, 0.25) is 0 Å². The summed E-state index contributed by atoms with van der Waals surface area (Å²) in [5.41, 5.74) is 1.35. The number of piperidine rings is 1. The van der Waals surface area contributed by atoms with Gasteiger partial charge in [0.2, 0.25) is 5.95 Å². The highest BCUT2D eigenvalue weighted by atomic mass is 32.2. The molecule has 1 aromatic carbocycles. The van der Waals surface area contributed by atoms with E-state index in [1.54, 1.807) is 17.8 Å². The van der Waals surface area contributed by atoms with Crippen molar-refractivity contribution in [3.8, 4) is 17.3 Å². The molecule has 2 aliphatic rings. The molecule has 3 atom stereocenters. The molecule has 0 amide bonds. The fraction of sp³-hybridized carbons (Fsp3) is 0.455. The Morgan fingerprint density at radius 3 is 2.64 bits per heavy atom. The number of benzene rings is 1. The normalized spacial score (nSPS) is 30.0. The van der Waals surface area contributed by atoms with Crippen molar-refractivity contribution >= 4 is 11.8 Å². The van der Waals surface area contributed by atoms with Crippen LogP contribution in [-0.2, 0) is 6.54 Å². The molecule has 2 aromatic rings. The summed E-state index contributed by atoms with van der Waals surface area (Å²) in [4.78, 5) is 6.05. The molecule has 0 radical (unpaired) electrons. The third-order valence-corrected chi connectivity index (χ3v) is 7.87. The zero-order valence-electron chi connectivity index (χ0n) is 15.9. The molecular formula is C22H23F2N3S. The standard InChI is InChI=1S/C22H23F2N3S/c1-21(15-28-21)22(9-11-25)10-12-27(14-19(22)23)13-17-7-8-18(26-20(17)24)16-5-3-2-4-6-16/h2-8,19H,9-10,12-15H2,1H3. The highest BCUT2D eigenvalue weighted by Crippen LogP contribution is 2.62. The molecule has 0 aliphatic carbocycles. The fourth-order valence-corrected chi connectivity index (χ4v) is 5.35. The first-order valence-corrected chi connectivity index (χ1v) is 10.5. The molecule has 2 fully saturated rings. The second-order valence-corrected chi connectivity index (χ2v) is 9.45. The van der Waals surface area contributed by atoms with Crippen LogP contribution in [0.3, 0.4) is 0 Å². The van der Waals surface area contributed by atoms with Crippen molar-refractivity contribution in [2.75, 3.05) is 18.8 Å². The zero-order chi connectivity index (χ0) is 19.8. The lowest BCUT2D eigenvalue weighted by atomic mass is 9.66. The number of halogens is 2. The van der Waals surface area contributed by atoms with Gasteiger partial charge in [-0.15, -0.1) is 0 Å². The number of hydrogen-bond acceptors (Lipinski definition) is 4. The highest BCUT2D eigenvalue weighted by Gasteiger charge is 2.62. The summed E-state index contributed by atoms with van der Waals surface area (Å²) in [6, 6.07) is 15.2. The van der Waals surface area contributed by atoms with Gasteiger partial charge in [-0.25, -0.2) is 9.37 Å². The molecule has 2 saturated heterocycles. The number of hydrogen-bond donors (Lipinski definition) is 0. The first kappa shape index (κ1) is 19.4. The number of nitriles is 1. The summed E-state index contributed by atoms with van der Waals surface area (Å²) in [5, 5.41) is 9.25. The van der Waals surface area contributed by atoms with Crippen LogP contribution in [0.25, 0.3) is 11.3 Å². The average molecular weight is 400 g/mol. The van der Waals surface area contributed by atoms with Gasteiger partial charge in [-0.1, -0.05) is 36.4 Å². The quantitative estimate of drug-likeness (QED) is 0.533. The Morgan fingerprint density at radius 2 is 2.04 bits per heavy atom. The third-order valence-electron chi connectivity index (χ3n) is 6.31. The van der Waals surface area contributed by atoms with Gasteiger partial charge in [-0.2, -0.15) is 21.4 Å². The molecule has 4 rings (SSSR count). The minimum Gasteiger partial charge on any atom is -0.296 e. The minimum atomic E-state index is -1.08. The first-order chi connectivity index (χ1) is 13.5. The van der Waals surface area contributed by atoms with E-state index in [-0.39, 0.29) is 17.7 Å². The van der Waals surface area contributed by atoms with E-state index in [2.05, 4.69) is 18.0 Å². The summed E-state index contributed by atoms with van der Waals surface area (Å²) in [7, 11) is 0. The summed E-state index contributed by atoms with van der Waals surface area (Å²) >= 11 is 1.75. The summed E-state index contributed by atoms with van der Waals surface area (Å²) in [6.45, 7) is 3.31. The van der Waals surface area contributed by atoms with Crippen molar-refractivity contribution in [1.29, 1.82) is 5.26 Å². The van der Waals surface area contributed by atoms with E-state index in [9.17, 15) is 9.65 Å².